The molecule has 0 radical (unpaired) electrons. The van der Waals surface area contributed by atoms with E-state index < -0.39 is 0 Å². The predicted molar refractivity (Wildman–Crippen MR) is 87.0 cm³/mol. The summed E-state index contributed by atoms with van der Waals surface area (Å²) in [7, 11) is 0. The Hall–Kier alpha value is -0.830. The molecule has 0 saturated heterocycles. The molecule has 1 rings (SSSR count). The number of nitrogens with zero attached hydrogens (tertiary/aromatic N) is 2. The summed E-state index contributed by atoms with van der Waals surface area (Å²) < 4.78 is 2.10. The Morgan fingerprint density at radius 2 is 1.85 bits per heavy atom. The molecule has 0 aliphatic carbocycles. The van der Waals surface area contributed by atoms with Gasteiger partial charge in [0, 0.05) is 17.8 Å². The Labute approximate surface area is 125 Å². The SMILES string of the molecule is CCC(C)n1ccc(CC(C)C(C)CNC(C)(C)C)n1. The topological polar surface area (TPSA) is 29.9 Å². The van der Waals surface area contributed by atoms with Crippen LogP contribution in [0.1, 0.15) is 66.6 Å². The van der Waals surface area contributed by atoms with Crippen molar-refractivity contribution in [3.05, 3.63) is 18.0 Å². The maximum absolute atomic E-state index is 4.71. The standard InChI is InChI=1S/C17H33N3/c1-8-15(4)20-10-9-16(19-20)11-13(2)14(3)12-18-17(5,6)7/h9-10,13-15,18H,8,11-12H2,1-7H3. The molecule has 0 fully saturated rings. The molecule has 3 unspecified atom stereocenters. The van der Waals surface area contributed by atoms with Gasteiger partial charge in [0.25, 0.3) is 0 Å². The molecule has 3 heteroatoms. The van der Waals surface area contributed by atoms with Crippen LogP contribution in [0.25, 0.3) is 0 Å². The largest absolute Gasteiger partial charge is 0.312 e. The third kappa shape index (κ3) is 5.66. The zero-order chi connectivity index (χ0) is 15.3. The minimum Gasteiger partial charge on any atom is -0.312 e. The van der Waals surface area contributed by atoms with Crippen molar-refractivity contribution in [3.8, 4) is 0 Å². The molecule has 1 aromatic heterocycles. The van der Waals surface area contributed by atoms with Gasteiger partial charge in [0.1, 0.15) is 0 Å². The molecule has 0 aliphatic rings. The van der Waals surface area contributed by atoms with E-state index in [1.165, 1.54) is 5.69 Å². The lowest BCUT2D eigenvalue weighted by molar-refractivity contribution is 0.315. The van der Waals surface area contributed by atoms with Crippen molar-refractivity contribution in [1.82, 2.24) is 15.1 Å². The van der Waals surface area contributed by atoms with Gasteiger partial charge in [-0.1, -0.05) is 20.8 Å². The van der Waals surface area contributed by atoms with Crippen LogP contribution in [0.3, 0.4) is 0 Å². The van der Waals surface area contributed by atoms with Crippen LogP contribution < -0.4 is 5.32 Å². The van der Waals surface area contributed by atoms with E-state index in [0.29, 0.717) is 17.9 Å². The van der Waals surface area contributed by atoms with Crippen LogP contribution in [0.4, 0.5) is 0 Å². The first kappa shape index (κ1) is 17.2. The second-order valence-electron chi connectivity index (χ2n) is 7.33. The lowest BCUT2D eigenvalue weighted by Gasteiger charge is -2.26. The lowest BCUT2D eigenvalue weighted by atomic mass is 9.91. The van der Waals surface area contributed by atoms with Crippen LogP contribution in [-0.4, -0.2) is 21.9 Å². The maximum atomic E-state index is 4.71. The average Bonchev–Trinajstić information content (AvgIpc) is 2.82. The van der Waals surface area contributed by atoms with E-state index in [4.69, 9.17) is 5.10 Å². The van der Waals surface area contributed by atoms with E-state index in [1.54, 1.807) is 0 Å². The molecule has 3 atom stereocenters. The van der Waals surface area contributed by atoms with Gasteiger partial charge in [0.2, 0.25) is 0 Å². The number of nitrogens with one attached hydrogen (secondary N) is 1. The highest BCUT2D eigenvalue weighted by molar-refractivity contribution is 5.01. The molecule has 116 valence electrons. The zero-order valence-corrected chi connectivity index (χ0v) is 14.4. The third-order valence-corrected chi connectivity index (χ3v) is 4.16. The maximum Gasteiger partial charge on any atom is 0.0627 e. The smallest absolute Gasteiger partial charge is 0.0627 e. The first-order chi connectivity index (χ1) is 9.23. The fraction of sp³-hybridized carbons (Fsp3) is 0.824. The summed E-state index contributed by atoms with van der Waals surface area (Å²) in [4.78, 5) is 0. The van der Waals surface area contributed by atoms with Crippen LogP contribution in [0.15, 0.2) is 12.3 Å². The Bertz CT molecular complexity index is 389. The van der Waals surface area contributed by atoms with Gasteiger partial charge in [-0.15, -0.1) is 0 Å². The van der Waals surface area contributed by atoms with E-state index >= 15 is 0 Å². The molecule has 0 bridgehead atoms. The molecular weight excluding hydrogens is 246 g/mol. The number of rotatable bonds is 7. The third-order valence-electron chi connectivity index (χ3n) is 4.16. The Kier molecular flexibility index (Phi) is 6.25. The van der Waals surface area contributed by atoms with Gasteiger partial charge >= 0.3 is 0 Å². The molecule has 1 N–H and O–H groups in total. The zero-order valence-electron chi connectivity index (χ0n) is 14.4. The van der Waals surface area contributed by atoms with Crippen molar-refractivity contribution >= 4 is 0 Å². The van der Waals surface area contributed by atoms with Crippen LogP contribution >= 0.6 is 0 Å². The van der Waals surface area contributed by atoms with Crippen molar-refractivity contribution in [3.63, 3.8) is 0 Å². The lowest BCUT2D eigenvalue weighted by Crippen LogP contribution is -2.40. The van der Waals surface area contributed by atoms with Crippen LogP contribution in [0, 0.1) is 11.8 Å². The molecule has 1 heterocycles. The van der Waals surface area contributed by atoms with Crippen LogP contribution in [0.5, 0.6) is 0 Å². The van der Waals surface area contributed by atoms with E-state index in [-0.39, 0.29) is 5.54 Å². The normalized spacial score (nSPS) is 16.9. The van der Waals surface area contributed by atoms with Crippen molar-refractivity contribution in [2.24, 2.45) is 11.8 Å². The van der Waals surface area contributed by atoms with E-state index in [9.17, 15) is 0 Å². The monoisotopic (exact) mass is 279 g/mol. The molecule has 0 aromatic carbocycles. The van der Waals surface area contributed by atoms with Crippen LogP contribution in [-0.2, 0) is 6.42 Å². The van der Waals surface area contributed by atoms with Gasteiger partial charge in [-0.3, -0.25) is 4.68 Å². The molecule has 0 saturated carbocycles. The molecule has 0 amide bonds. The van der Waals surface area contributed by atoms with E-state index in [1.807, 2.05) is 0 Å². The second-order valence-corrected chi connectivity index (χ2v) is 7.33. The summed E-state index contributed by atoms with van der Waals surface area (Å²) in [6, 6.07) is 2.67. The van der Waals surface area contributed by atoms with Gasteiger partial charge < -0.3 is 5.32 Å². The summed E-state index contributed by atoms with van der Waals surface area (Å²) in [6.45, 7) is 16.8. The van der Waals surface area contributed by atoms with Gasteiger partial charge in [0.05, 0.1) is 5.69 Å². The van der Waals surface area contributed by atoms with Crippen molar-refractivity contribution in [2.45, 2.75) is 72.9 Å². The first-order valence-corrected chi connectivity index (χ1v) is 8.02. The van der Waals surface area contributed by atoms with Gasteiger partial charge in [-0.05, 0) is 65.0 Å². The summed E-state index contributed by atoms with van der Waals surface area (Å²) in [5.41, 5.74) is 1.42. The summed E-state index contributed by atoms with van der Waals surface area (Å²) in [5.74, 6) is 1.30. The average molecular weight is 279 g/mol. The van der Waals surface area contributed by atoms with E-state index in [2.05, 4.69) is 70.7 Å². The highest BCUT2D eigenvalue weighted by Gasteiger charge is 2.17. The Balaban J connectivity index is 2.48. The number of hydrogen-bond donors (Lipinski definition) is 1. The summed E-state index contributed by atoms with van der Waals surface area (Å²) >= 11 is 0. The van der Waals surface area contributed by atoms with E-state index in [0.717, 1.165) is 19.4 Å². The number of aromatic nitrogens is 2. The predicted octanol–water partition coefficient (Wildman–Crippen LogP) is 4.06. The van der Waals surface area contributed by atoms with Gasteiger partial charge in [-0.2, -0.15) is 5.10 Å². The minimum atomic E-state index is 0.201. The molecular formula is C17H33N3. The van der Waals surface area contributed by atoms with Crippen LogP contribution in [0.2, 0.25) is 0 Å². The van der Waals surface area contributed by atoms with Crippen molar-refractivity contribution < 1.29 is 0 Å². The number of hydrogen-bond acceptors (Lipinski definition) is 2. The molecule has 0 spiro atoms. The molecule has 3 nitrogen and oxygen atoms in total. The Morgan fingerprint density at radius 1 is 1.20 bits per heavy atom. The van der Waals surface area contributed by atoms with Crippen molar-refractivity contribution in [1.29, 1.82) is 0 Å². The highest BCUT2D eigenvalue weighted by Crippen LogP contribution is 2.18. The second kappa shape index (κ2) is 7.26. The quantitative estimate of drug-likeness (QED) is 0.816. The first-order valence-electron chi connectivity index (χ1n) is 8.02. The molecule has 1 aromatic rings. The van der Waals surface area contributed by atoms with Gasteiger partial charge in [0.15, 0.2) is 0 Å². The van der Waals surface area contributed by atoms with Crippen molar-refractivity contribution in [2.75, 3.05) is 6.54 Å². The minimum absolute atomic E-state index is 0.201. The molecule has 0 aliphatic heterocycles. The molecule has 20 heavy (non-hydrogen) atoms. The fourth-order valence-electron chi connectivity index (χ4n) is 2.12. The summed E-state index contributed by atoms with van der Waals surface area (Å²) in [5, 5.41) is 8.30. The summed E-state index contributed by atoms with van der Waals surface area (Å²) in [6.07, 6.45) is 4.31. The highest BCUT2D eigenvalue weighted by atomic mass is 15.3. The Morgan fingerprint density at radius 3 is 2.40 bits per heavy atom. The van der Waals surface area contributed by atoms with Gasteiger partial charge in [-0.25, -0.2) is 0 Å². The fourth-order valence-corrected chi connectivity index (χ4v) is 2.12.